The predicted molar refractivity (Wildman–Crippen MR) is 134 cm³/mol. The van der Waals surface area contributed by atoms with Gasteiger partial charge in [-0.15, -0.1) is 0 Å². The summed E-state index contributed by atoms with van der Waals surface area (Å²) in [5.74, 6) is 0.232. The Bertz CT molecular complexity index is 1390. The van der Waals surface area contributed by atoms with Crippen molar-refractivity contribution in [2.75, 3.05) is 0 Å². The largest absolute Gasteiger partial charge is 0.481 e. The van der Waals surface area contributed by atoms with Crippen LogP contribution in [0, 0.1) is 12.8 Å². The molecule has 1 heterocycles. The van der Waals surface area contributed by atoms with Crippen molar-refractivity contribution in [3.8, 4) is 34.0 Å². The van der Waals surface area contributed by atoms with E-state index in [4.69, 9.17) is 9.63 Å². The molecule has 6 heteroatoms. The lowest BCUT2D eigenvalue weighted by Crippen LogP contribution is -2.45. The zero-order valence-electron chi connectivity index (χ0n) is 19.6. The highest BCUT2D eigenvalue weighted by Gasteiger charge is 2.36. The van der Waals surface area contributed by atoms with Crippen molar-refractivity contribution in [3.63, 3.8) is 0 Å². The number of nitrogens with one attached hydrogen (secondary N) is 1. The molecule has 0 bridgehead atoms. The molecule has 2 N–H and O–H groups in total. The second-order valence-corrected chi connectivity index (χ2v) is 9.69. The molecule has 0 aliphatic heterocycles. The number of aryl methyl sites for hydroxylation is 2. The van der Waals surface area contributed by atoms with Gasteiger partial charge >= 0.3 is 5.97 Å². The molecule has 1 fully saturated rings. The lowest BCUT2D eigenvalue weighted by atomic mass is 9.80. The van der Waals surface area contributed by atoms with Gasteiger partial charge in [0.2, 0.25) is 5.82 Å². The zero-order chi connectivity index (χ0) is 23.9. The van der Waals surface area contributed by atoms with Crippen molar-refractivity contribution < 1.29 is 14.4 Å². The van der Waals surface area contributed by atoms with E-state index in [0.717, 1.165) is 42.4 Å². The number of carboxylic acid groups (broad SMARTS) is 1. The number of aromatic nitrogens is 2. The van der Waals surface area contributed by atoms with Crippen molar-refractivity contribution in [1.82, 2.24) is 15.5 Å². The highest BCUT2D eigenvalue weighted by molar-refractivity contribution is 5.72. The van der Waals surface area contributed by atoms with Crippen LogP contribution in [-0.4, -0.2) is 27.3 Å². The molecule has 1 atom stereocenters. The average molecular weight is 466 g/mol. The molecule has 0 unspecified atom stereocenters. The number of rotatable bonds is 6. The van der Waals surface area contributed by atoms with Crippen LogP contribution < -0.4 is 5.32 Å². The van der Waals surface area contributed by atoms with Crippen molar-refractivity contribution in [1.29, 1.82) is 0 Å². The number of nitrogens with zero attached hydrogens (tertiary/aromatic N) is 2. The van der Waals surface area contributed by atoms with E-state index in [1.54, 1.807) is 0 Å². The summed E-state index contributed by atoms with van der Waals surface area (Å²) in [6.45, 7) is 2.10. The molecule has 4 aromatic rings. The molecule has 0 spiro atoms. The Morgan fingerprint density at radius 1 is 1.00 bits per heavy atom. The molecule has 3 aromatic carbocycles. The second kappa shape index (κ2) is 8.78. The van der Waals surface area contributed by atoms with Gasteiger partial charge in [0.15, 0.2) is 0 Å². The first-order valence-corrected chi connectivity index (χ1v) is 12.2. The van der Waals surface area contributed by atoms with Crippen LogP contribution in [0.4, 0.5) is 0 Å². The Morgan fingerprint density at radius 3 is 2.57 bits per heavy atom. The van der Waals surface area contributed by atoms with Gasteiger partial charge < -0.3 is 14.9 Å². The van der Waals surface area contributed by atoms with Gasteiger partial charge in [0.1, 0.15) is 0 Å². The third-order valence-corrected chi connectivity index (χ3v) is 7.39. The molecule has 2 aliphatic rings. The fourth-order valence-electron chi connectivity index (χ4n) is 5.37. The zero-order valence-corrected chi connectivity index (χ0v) is 19.6. The van der Waals surface area contributed by atoms with Gasteiger partial charge in [-0.2, -0.15) is 4.98 Å². The lowest BCUT2D eigenvalue weighted by molar-refractivity contribution is -0.145. The van der Waals surface area contributed by atoms with Crippen molar-refractivity contribution in [3.05, 3.63) is 83.4 Å². The molecule has 6 rings (SSSR count). The topological polar surface area (TPSA) is 88.2 Å². The van der Waals surface area contributed by atoms with Gasteiger partial charge in [-0.1, -0.05) is 53.7 Å². The smallest absolute Gasteiger partial charge is 0.306 e. The average Bonchev–Trinajstić information content (AvgIpc) is 3.48. The lowest BCUT2D eigenvalue weighted by Gasteiger charge is -2.35. The standard InChI is InChI=1S/C29H27N3O3/c1-17-13-21(8-10-24(17)18-5-3-2-4-6-18)28-31-27(32-35-28)20-7-11-25-19(14-20)9-12-26(25)30-23-15-22(16-23)29(33)34/h2-8,10-11,13-14,22-23,26,30H,9,12,15-16H2,1H3,(H,33,34)/t22?,23?,26-/m1/s1. The van der Waals surface area contributed by atoms with E-state index >= 15 is 0 Å². The Balaban J connectivity index is 1.18. The van der Waals surface area contributed by atoms with Crippen LogP contribution in [-0.2, 0) is 11.2 Å². The monoisotopic (exact) mass is 465 g/mol. The van der Waals surface area contributed by atoms with Crippen LogP contribution in [0.15, 0.2) is 71.3 Å². The molecule has 35 heavy (non-hydrogen) atoms. The highest BCUT2D eigenvalue weighted by Crippen LogP contribution is 2.37. The number of aliphatic carboxylic acids is 1. The van der Waals surface area contributed by atoms with Gasteiger partial charge in [0.25, 0.3) is 5.89 Å². The van der Waals surface area contributed by atoms with Crippen molar-refractivity contribution in [2.24, 2.45) is 5.92 Å². The Labute approximate surface area is 204 Å². The number of fused-ring (bicyclic) bond motifs is 1. The van der Waals surface area contributed by atoms with E-state index in [9.17, 15) is 4.79 Å². The first-order chi connectivity index (χ1) is 17.0. The minimum Gasteiger partial charge on any atom is -0.481 e. The maximum atomic E-state index is 11.1. The summed E-state index contributed by atoms with van der Waals surface area (Å²) in [6, 6.07) is 23.5. The molecular weight excluding hydrogens is 438 g/mol. The van der Waals surface area contributed by atoms with Crippen LogP contribution in [0.1, 0.15) is 42.0 Å². The van der Waals surface area contributed by atoms with Gasteiger partial charge in [-0.3, -0.25) is 4.79 Å². The number of hydrogen-bond acceptors (Lipinski definition) is 5. The summed E-state index contributed by atoms with van der Waals surface area (Å²) in [4.78, 5) is 15.8. The SMILES string of the molecule is Cc1cc(-c2nc(-c3ccc4c(c3)CC[C@H]4NC3CC(C(=O)O)C3)no2)ccc1-c1ccccc1. The second-order valence-electron chi connectivity index (χ2n) is 9.69. The summed E-state index contributed by atoms with van der Waals surface area (Å²) in [7, 11) is 0. The maximum absolute atomic E-state index is 11.1. The van der Waals surface area contributed by atoms with Crippen LogP contribution >= 0.6 is 0 Å². The van der Waals surface area contributed by atoms with Gasteiger partial charge in [-0.05, 0) is 78.6 Å². The number of hydrogen-bond donors (Lipinski definition) is 2. The normalized spacial score (nSPS) is 20.9. The van der Waals surface area contributed by atoms with Gasteiger partial charge in [0, 0.05) is 23.2 Å². The molecule has 1 aromatic heterocycles. The number of benzene rings is 3. The molecule has 6 nitrogen and oxygen atoms in total. The fraction of sp³-hybridized carbons (Fsp3) is 0.276. The Kier molecular flexibility index (Phi) is 5.46. The van der Waals surface area contributed by atoms with E-state index in [1.807, 2.05) is 24.3 Å². The summed E-state index contributed by atoms with van der Waals surface area (Å²) >= 11 is 0. The molecule has 1 saturated carbocycles. The first-order valence-electron chi connectivity index (χ1n) is 12.2. The Morgan fingerprint density at radius 2 is 1.80 bits per heavy atom. The summed E-state index contributed by atoms with van der Waals surface area (Å²) in [5.41, 5.74) is 7.99. The quantitative estimate of drug-likeness (QED) is 0.373. The van der Waals surface area contributed by atoms with E-state index < -0.39 is 5.97 Å². The van der Waals surface area contributed by atoms with Crippen molar-refractivity contribution in [2.45, 2.75) is 44.7 Å². The summed E-state index contributed by atoms with van der Waals surface area (Å²) < 4.78 is 5.63. The van der Waals surface area contributed by atoms with Crippen LogP contribution in [0.5, 0.6) is 0 Å². The predicted octanol–water partition coefficient (Wildman–Crippen LogP) is 5.82. The van der Waals surface area contributed by atoms with Gasteiger partial charge in [-0.25, -0.2) is 0 Å². The third kappa shape index (κ3) is 4.15. The molecule has 2 aliphatic carbocycles. The molecule has 176 valence electrons. The molecule has 0 saturated heterocycles. The van der Waals surface area contributed by atoms with Crippen LogP contribution in [0.25, 0.3) is 34.0 Å². The Hall–Kier alpha value is -3.77. The van der Waals surface area contributed by atoms with Gasteiger partial charge in [0.05, 0.1) is 5.92 Å². The minimum absolute atomic E-state index is 0.193. The summed E-state index contributed by atoms with van der Waals surface area (Å²) in [5, 5.41) is 17.0. The minimum atomic E-state index is -0.679. The third-order valence-electron chi connectivity index (χ3n) is 7.39. The van der Waals surface area contributed by atoms with Crippen molar-refractivity contribution >= 4 is 5.97 Å². The van der Waals surface area contributed by atoms with Crippen LogP contribution in [0.2, 0.25) is 0 Å². The number of carbonyl (C=O) groups is 1. The van der Waals surface area contributed by atoms with E-state index in [-0.39, 0.29) is 12.0 Å². The highest BCUT2D eigenvalue weighted by atomic mass is 16.5. The fourth-order valence-corrected chi connectivity index (χ4v) is 5.37. The molecular formula is C29H27N3O3. The molecule has 0 radical (unpaired) electrons. The van der Waals surface area contributed by atoms with E-state index in [2.05, 4.69) is 64.8 Å². The maximum Gasteiger partial charge on any atom is 0.306 e. The number of carboxylic acids is 1. The first kappa shape index (κ1) is 21.7. The van der Waals surface area contributed by atoms with Crippen LogP contribution in [0.3, 0.4) is 0 Å². The molecule has 0 amide bonds. The van der Waals surface area contributed by atoms with E-state index in [0.29, 0.717) is 17.8 Å². The van der Waals surface area contributed by atoms with E-state index in [1.165, 1.54) is 22.3 Å². The summed E-state index contributed by atoms with van der Waals surface area (Å²) in [6.07, 6.45) is 3.45.